The zero-order chi connectivity index (χ0) is 13.2. The van der Waals surface area contributed by atoms with Crippen LogP contribution in [0.5, 0.6) is 0 Å². The van der Waals surface area contributed by atoms with Gasteiger partial charge in [0.25, 0.3) is 0 Å². The van der Waals surface area contributed by atoms with Crippen molar-refractivity contribution in [1.82, 2.24) is 9.88 Å². The van der Waals surface area contributed by atoms with Gasteiger partial charge < -0.3 is 10.6 Å². The van der Waals surface area contributed by atoms with Crippen LogP contribution in [-0.2, 0) is 6.54 Å². The average molecular weight is 235 g/mol. The Labute approximate surface area is 105 Å². The van der Waals surface area contributed by atoms with Crippen LogP contribution in [0.15, 0.2) is 6.20 Å². The molecule has 1 heterocycles. The zero-order valence-corrected chi connectivity index (χ0v) is 12.0. The van der Waals surface area contributed by atoms with Crippen molar-refractivity contribution in [1.29, 1.82) is 0 Å². The number of nitrogen functional groups attached to an aromatic ring is 1. The molecule has 1 rings (SSSR count). The van der Waals surface area contributed by atoms with Crippen molar-refractivity contribution in [2.45, 2.75) is 41.2 Å². The first-order valence-electron chi connectivity index (χ1n) is 6.10. The molecule has 1 aromatic heterocycles. The number of nitrogens with zero attached hydrogens (tertiary/aromatic N) is 2. The van der Waals surface area contributed by atoms with E-state index in [1.165, 1.54) is 0 Å². The lowest BCUT2D eigenvalue weighted by Gasteiger charge is -2.26. The van der Waals surface area contributed by atoms with E-state index in [1.54, 1.807) is 0 Å². The molecule has 3 heteroatoms. The highest BCUT2D eigenvalue weighted by atomic mass is 15.1. The molecule has 0 aliphatic rings. The van der Waals surface area contributed by atoms with Gasteiger partial charge in [0.05, 0.1) is 5.69 Å². The van der Waals surface area contributed by atoms with Crippen LogP contribution in [0.1, 0.15) is 37.6 Å². The van der Waals surface area contributed by atoms with Crippen LogP contribution in [0.3, 0.4) is 0 Å². The third kappa shape index (κ3) is 4.00. The van der Waals surface area contributed by atoms with E-state index in [2.05, 4.69) is 44.6 Å². The molecule has 0 saturated carbocycles. The molecule has 3 nitrogen and oxygen atoms in total. The van der Waals surface area contributed by atoms with Crippen LogP contribution in [-0.4, -0.2) is 23.5 Å². The van der Waals surface area contributed by atoms with Crippen molar-refractivity contribution in [2.24, 2.45) is 5.41 Å². The molecule has 0 unspecified atom stereocenters. The maximum Gasteiger partial charge on any atom is 0.0593 e. The lowest BCUT2D eigenvalue weighted by Crippen LogP contribution is -2.29. The third-order valence-corrected chi connectivity index (χ3v) is 2.84. The predicted octanol–water partition coefficient (Wildman–Crippen LogP) is 2.76. The number of anilines is 1. The second kappa shape index (κ2) is 5.05. The Bertz CT molecular complexity index is 391. The number of aromatic nitrogens is 1. The first-order chi connectivity index (χ1) is 7.70. The number of hydrogen-bond donors (Lipinski definition) is 1. The maximum absolute atomic E-state index is 6.03. The minimum Gasteiger partial charge on any atom is -0.398 e. The Kier molecular flexibility index (Phi) is 4.15. The van der Waals surface area contributed by atoms with Gasteiger partial charge in [0, 0.05) is 25.0 Å². The number of hydrogen-bond acceptors (Lipinski definition) is 3. The van der Waals surface area contributed by atoms with Crippen LogP contribution in [0, 0.1) is 19.3 Å². The van der Waals surface area contributed by atoms with Gasteiger partial charge in [-0.15, -0.1) is 0 Å². The SMILES string of the molecule is Cc1cnc(CN(C)CC(C)(C)C)c(C)c1N. The van der Waals surface area contributed by atoms with Gasteiger partial charge in [-0.1, -0.05) is 20.8 Å². The number of rotatable bonds is 3. The monoisotopic (exact) mass is 235 g/mol. The van der Waals surface area contributed by atoms with Gasteiger partial charge in [0.15, 0.2) is 0 Å². The van der Waals surface area contributed by atoms with Crippen LogP contribution in [0.2, 0.25) is 0 Å². The first kappa shape index (κ1) is 14.0. The van der Waals surface area contributed by atoms with Crippen molar-refractivity contribution in [2.75, 3.05) is 19.3 Å². The predicted molar refractivity (Wildman–Crippen MR) is 73.9 cm³/mol. The summed E-state index contributed by atoms with van der Waals surface area (Å²) < 4.78 is 0. The normalized spacial score (nSPS) is 12.2. The van der Waals surface area contributed by atoms with Crippen LogP contribution >= 0.6 is 0 Å². The lowest BCUT2D eigenvalue weighted by molar-refractivity contribution is 0.218. The van der Waals surface area contributed by atoms with E-state index in [1.807, 2.05) is 13.1 Å². The summed E-state index contributed by atoms with van der Waals surface area (Å²) in [6.07, 6.45) is 1.86. The molecule has 0 aliphatic carbocycles. The molecule has 0 fully saturated rings. The average Bonchev–Trinajstić information content (AvgIpc) is 2.16. The molecular formula is C14H25N3. The van der Waals surface area contributed by atoms with Crippen LogP contribution in [0.25, 0.3) is 0 Å². The third-order valence-electron chi connectivity index (χ3n) is 2.84. The first-order valence-corrected chi connectivity index (χ1v) is 6.10. The Morgan fingerprint density at radius 2 is 1.88 bits per heavy atom. The molecule has 0 spiro atoms. The molecule has 2 N–H and O–H groups in total. The molecule has 0 aromatic carbocycles. The Hall–Kier alpha value is -1.09. The van der Waals surface area contributed by atoms with Crippen molar-refractivity contribution < 1.29 is 0 Å². The summed E-state index contributed by atoms with van der Waals surface area (Å²) in [5.41, 5.74) is 10.5. The molecule has 17 heavy (non-hydrogen) atoms. The quantitative estimate of drug-likeness (QED) is 0.876. The van der Waals surface area contributed by atoms with Crippen molar-refractivity contribution in [3.63, 3.8) is 0 Å². The summed E-state index contributed by atoms with van der Waals surface area (Å²) in [6.45, 7) is 12.7. The summed E-state index contributed by atoms with van der Waals surface area (Å²) in [6, 6.07) is 0. The minimum absolute atomic E-state index is 0.304. The Morgan fingerprint density at radius 3 is 2.41 bits per heavy atom. The van der Waals surface area contributed by atoms with Gasteiger partial charge in [0.1, 0.15) is 0 Å². The molecule has 1 aromatic rings. The second-order valence-electron chi connectivity index (χ2n) is 6.16. The second-order valence-corrected chi connectivity index (χ2v) is 6.16. The molecule has 96 valence electrons. The highest BCUT2D eigenvalue weighted by Crippen LogP contribution is 2.20. The Morgan fingerprint density at radius 1 is 1.29 bits per heavy atom. The summed E-state index contributed by atoms with van der Waals surface area (Å²) in [5.74, 6) is 0. The van der Waals surface area contributed by atoms with Gasteiger partial charge in [-0.3, -0.25) is 4.98 Å². The smallest absolute Gasteiger partial charge is 0.0593 e. The highest BCUT2D eigenvalue weighted by Gasteiger charge is 2.15. The molecule has 0 bridgehead atoms. The fourth-order valence-corrected chi connectivity index (χ4v) is 2.07. The Balaban J connectivity index is 2.79. The van der Waals surface area contributed by atoms with Gasteiger partial charge in [-0.05, 0) is 37.4 Å². The van der Waals surface area contributed by atoms with Crippen molar-refractivity contribution >= 4 is 5.69 Å². The summed E-state index contributed by atoms with van der Waals surface area (Å²) >= 11 is 0. The number of nitrogens with two attached hydrogens (primary N) is 1. The maximum atomic E-state index is 6.03. The fraction of sp³-hybridized carbons (Fsp3) is 0.643. The summed E-state index contributed by atoms with van der Waals surface area (Å²) in [4.78, 5) is 6.78. The molecule has 0 amide bonds. The molecule has 0 aliphatic heterocycles. The fourth-order valence-electron chi connectivity index (χ4n) is 2.07. The standard InChI is InChI=1S/C14H25N3/c1-10-7-16-12(11(2)13(10)15)8-17(6)9-14(3,4)5/h7H,8-9H2,1-6H3,(H2,15,16). The van der Waals surface area contributed by atoms with E-state index >= 15 is 0 Å². The van der Waals surface area contributed by atoms with Gasteiger partial charge >= 0.3 is 0 Å². The lowest BCUT2D eigenvalue weighted by atomic mass is 9.96. The van der Waals surface area contributed by atoms with E-state index in [0.29, 0.717) is 5.41 Å². The van der Waals surface area contributed by atoms with Gasteiger partial charge in [-0.25, -0.2) is 0 Å². The molecule has 0 atom stereocenters. The topological polar surface area (TPSA) is 42.2 Å². The zero-order valence-electron chi connectivity index (χ0n) is 12.0. The highest BCUT2D eigenvalue weighted by molar-refractivity contribution is 5.53. The largest absolute Gasteiger partial charge is 0.398 e. The number of aryl methyl sites for hydroxylation is 1. The summed E-state index contributed by atoms with van der Waals surface area (Å²) in [5, 5.41) is 0. The van der Waals surface area contributed by atoms with E-state index in [0.717, 1.165) is 35.6 Å². The van der Waals surface area contributed by atoms with Crippen LogP contribution in [0.4, 0.5) is 5.69 Å². The van der Waals surface area contributed by atoms with Gasteiger partial charge in [0.2, 0.25) is 0 Å². The molecule has 0 saturated heterocycles. The van der Waals surface area contributed by atoms with Gasteiger partial charge in [-0.2, -0.15) is 0 Å². The molecule has 0 radical (unpaired) electrons. The van der Waals surface area contributed by atoms with E-state index in [-0.39, 0.29) is 0 Å². The number of pyridine rings is 1. The van der Waals surface area contributed by atoms with Crippen molar-refractivity contribution in [3.8, 4) is 0 Å². The summed E-state index contributed by atoms with van der Waals surface area (Å²) in [7, 11) is 2.13. The van der Waals surface area contributed by atoms with E-state index in [4.69, 9.17) is 5.73 Å². The van der Waals surface area contributed by atoms with E-state index < -0.39 is 0 Å². The molecular weight excluding hydrogens is 210 g/mol. The van der Waals surface area contributed by atoms with Crippen LogP contribution < -0.4 is 5.73 Å². The minimum atomic E-state index is 0.304. The van der Waals surface area contributed by atoms with Crippen molar-refractivity contribution in [3.05, 3.63) is 23.0 Å². The van der Waals surface area contributed by atoms with E-state index in [9.17, 15) is 0 Å².